The van der Waals surface area contributed by atoms with Crippen LogP contribution in [-0.4, -0.2) is 24.1 Å². The molecular formula is C19H21NO3S. The molecule has 0 saturated heterocycles. The Morgan fingerprint density at radius 2 is 1.92 bits per heavy atom. The number of benzene rings is 2. The monoisotopic (exact) mass is 343 g/mol. The van der Waals surface area contributed by atoms with E-state index in [1.54, 1.807) is 24.3 Å². The number of hydrogen-bond donors (Lipinski definition) is 1. The molecule has 1 amide bonds. The fourth-order valence-corrected chi connectivity index (χ4v) is 3.00. The first-order chi connectivity index (χ1) is 11.6. The SMILES string of the molecule is CCOc1ccccc1CSCC(=O)Nc1cccc(C(C)=O)c1. The second kappa shape index (κ2) is 9.13. The summed E-state index contributed by atoms with van der Waals surface area (Å²) in [6.07, 6.45) is 0. The van der Waals surface area contributed by atoms with E-state index in [2.05, 4.69) is 5.32 Å². The van der Waals surface area contributed by atoms with Gasteiger partial charge in [0.1, 0.15) is 5.75 Å². The molecule has 24 heavy (non-hydrogen) atoms. The van der Waals surface area contributed by atoms with Crippen LogP contribution in [0.1, 0.15) is 29.8 Å². The number of nitrogens with one attached hydrogen (secondary N) is 1. The summed E-state index contributed by atoms with van der Waals surface area (Å²) in [5, 5.41) is 2.82. The lowest BCUT2D eigenvalue weighted by atomic mass is 10.1. The molecule has 5 heteroatoms. The van der Waals surface area contributed by atoms with Gasteiger partial charge in [-0.15, -0.1) is 11.8 Å². The molecule has 2 aromatic carbocycles. The number of amides is 1. The van der Waals surface area contributed by atoms with E-state index in [1.165, 1.54) is 18.7 Å². The van der Waals surface area contributed by atoms with Crippen molar-refractivity contribution in [2.75, 3.05) is 17.7 Å². The summed E-state index contributed by atoms with van der Waals surface area (Å²) in [5.74, 6) is 1.80. The van der Waals surface area contributed by atoms with Gasteiger partial charge in [0.25, 0.3) is 0 Å². The van der Waals surface area contributed by atoms with Crippen molar-refractivity contribution < 1.29 is 14.3 Å². The molecule has 0 saturated carbocycles. The standard InChI is InChI=1S/C19H21NO3S/c1-3-23-18-10-5-4-7-16(18)12-24-13-19(22)20-17-9-6-8-15(11-17)14(2)21/h4-11H,3,12-13H2,1-2H3,(H,20,22). The number of thioether (sulfide) groups is 1. The van der Waals surface area contributed by atoms with Crippen molar-refractivity contribution in [1.29, 1.82) is 0 Å². The molecule has 0 aromatic heterocycles. The van der Waals surface area contributed by atoms with Crippen molar-refractivity contribution in [3.63, 3.8) is 0 Å². The first kappa shape index (κ1) is 18.1. The van der Waals surface area contributed by atoms with Crippen molar-refractivity contribution in [2.45, 2.75) is 19.6 Å². The first-order valence-corrected chi connectivity index (χ1v) is 8.95. The van der Waals surface area contributed by atoms with Gasteiger partial charge < -0.3 is 10.1 Å². The Labute approximate surface area is 146 Å². The van der Waals surface area contributed by atoms with Crippen LogP contribution in [0.3, 0.4) is 0 Å². The number of rotatable bonds is 8. The third-order valence-electron chi connectivity index (χ3n) is 3.32. The quantitative estimate of drug-likeness (QED) is 0.731. The number of anilines is 1. The first-order valence-electron chi connectivity index (χ1n) is 7.79. The Balaban J connectivity index is 1.86. The highest BCUT2D eigenvalue weighted by Crippen LogP contribution is 2.23. The molecule has 0 aliphatic carbocycles. The van der Waals surface area contributed by atoms with Gasteiger partial charge in [0, 0.05) is 22.6 Å². The highest BCUT2D eigenvalue weighted by Gasteiger charge is 2.07. The normalized spacial score (nSPS) is 10.2. The molecule has 0 heterocycles. The third kappa shape index (κ3) is 5.42. The van der Waals surface area contributed by atoms with E-state index in [-0.39, 0.29) is 11.7 Å². The molecule has 0 spiro atoms. The van der Waals surface area contributed by atoms with Crippen LogP contribution in [0, 0.1) is 0 Å². The van der Waals surface area contributed by atoms with Crippen molar-refractivity contribution in [3.05, 3.63) is 59.7 Å². The summed E-state index contributed by atoms with van der Waals surface area (Å²) in [6.45, 7) is 4.08. The summed E-state index contributed by atoms with van der Waals surface area (Å²) in [7, 11) is 0. The third-order valence-corrected chi connectivity index (χ3v) is 4.30. The van der Waals surface area contributed by atoms with Crippen LogP contribution in [-0.2, 0) is 10.5 Å². The molecule has 0 unspecified atom stereocenters. The number of ether oxygens (including phenoxy) is 1. The van der Waals surface area contributed by atoms with E-state index in [0.717, 1.165) is 11.3 Å². The second-order valence-electron chi connectivity index (χ2n) is 5.22. The summed E-state index contributed by atoms with van der Waals surface area (Å²) in [5.41, 5.74) is 2.31. The van der Waals surface area contributed by atoms with E-state index in [9.17, 15) is 9.59 Å². The predicted octanol–water partition coefficient (Wildman–Crippen LogP) is 4.16. The highest BCUT2D eigenvalue weighted by molar-refractivity contribution is 7.99. The maximum Gasteiger partial charge on any atom is 0.234 e. The number of carbonyl (C=O) groups is 2. The zero-order valence-electron chi connectivity index (χ0n) is 13.9. The minimum absolute atomic E-state index is 0.0204. The average molecular weight is 343 g/mol. The highest BCUT2D eigenvalue weighted by atomic mass is 32.2. The summed E-state index contributed by atoms with van der Waals surface area (Å²) in [6, 6.07) is 14.8. The molecule has 1 N–H and O–H groups in total. The lowest BCUT2D eigenvalue weighted by molar-refractivity contribution is -0.113. The molecule has 0 fully saturated rings. The van der Waals surface area contributed by atoms with E-state index < -0.39 is 0 Å². The Morgan fingerprint density at radius 3 is 2.67 bits per heavy atom. The molecule has 0 atom stereocenters. The van der Waals surface area contributed by atoms with Gasteiger partial charge in [-0.05, 0) is 32.0 Å². The van der Waals surface area contributed by atoms with Crippen molar-refractivity contribution in [1.82, 2.24) is 0 Å². The lowest BCUT2D eigenvalue weighted by Gasteiger charge is -2.10. The van der Waals surface area contributed by atoms with Crippen LogP contribution in [0.4, 0.5) is 5.69 Å². The van der Waals surface area contributed by atoms with Crippen LogP contribution in [0.5, 0.6) is 5.75 Å². The van der Waals surface area contributed by atoms with Crippen LogP contribution < -0.4 is 10.1 Å². The zero-order chi connectivity index (χ0) is 17.4. The second-order valence-corrected chi connectivity index (χ2v) is 6.20. The number of hydrogen-bond acceptors (Lipinski definition) is 4. The molecule has 0 aliphatic rings. The van der Waals surface area contributed by atoms with Crippen molar-refractivity contribution >= 4 is 29.1 Å². The largest absolute Gasteiger partial charge is 0.494 e. The van der Waals surface area contributed by atoms with Gasteiger partial charge in [0.2, 0.25) is 5.91 Å². The molecule has 0 radical (unpaired) electrons. The molecule has 2 aromatic rings. The summed E-state index contributed by atoms with van der Waals surface area (Å²) in [4.78, 5) is 23.4. The van der Waals surface area contributed by atoms with Gasteiger partial charge in [-0.2, -0.15) is 0 Å². The van der Waals surface area contributed by atoms with E-state index >= 15 is 0 Å². The Bertz CT molecular complexity index is 715. The molecule has 126 valence electrons. The fraction of sp³-hybridized carbons (Fsp3) is 0.263. The molecule has 4 nitrogen and oxygen atoms in total. The van der Waals surface area contributed by atoms with E-state index in [0.29, 0.717) is 29.4 Å². The number of Topliss-reactive ketones (excluding diaryl/α,β-unsaturated/α-hetero) is 1. The number of ketones is 1. The molecular weight excluding hydrogens is 322 g/mol. The zero-order valence-corrected chi connectivity index (χ0v) is 14.7. The van der Waals surface area contributed by atoms with Gasteiger partial charge in [0.05, 0.1) is 12.4 Å². The van der Waals surface area contributed by atoms with Crippen LogP contribution in [0.15, 0.2) is 48.5 Å². The van der Waals surface area contributed by atoms with Gasteiger partial charge in [-0.3, -0.25) is 9.59 Å². The molecule has 0 bridgehead atoms. The smallest absolute Gasteiger partial charge is 0.234 e. The van der Waals surface area contributed by atoms with E-state index in [1.807, 2.05) is 31.2 Å². The fourth-order valence-electron chi connectivity index (χ4n) is 2.19. The van der Waals surface area contributed by atoms with Gasteiger partial charge in [-0.25, -0.2) is 0 Å². The summed E-state index contributed by atoms with van der Waals surface area (Å²) >= 11 is 1.53. The Morgan fingerprint density at radius 1 is 1.12 bits per heavy atom. The topological polar surface area (TPSA) is 55.4 Å². The maximum absolute atomic E-state index is 12.0. The summed E-state index contributed by atoms with van der Waals surface area (Å²) < 4.78 is 5.58. The average Bonchev–Trinajstić information content (AvgIpc) is 2.57. The predicted molar refractivity (Wildman–Crippen MR) is 98.8 cm³/mol. The Kier molecular flexibility index (Phi) is 6.88. The maximum atomic E-state index is 12.0. The van der Waals surface area contributed by atoms with Crippen LogP contribution in [0.25, 0.3) is 0 Å². The van der Waals surface area contributed by atoms with Crippen molar-refractivity contribution in [3.8, 4) is 5.75 Å². The number of para-hydroxylation sites is 1. The molecule has 2 rings (SSSR count). The van der Waals surface area contributed by atoms with Gasteiger partial charge in [0.15, 0.2) is 5.78 Å². The Hall–Kier alpha value is -2.27. The van der Waals surface area contributed by atoms with Gasteiger partial charge in [-0.1, -0.05) is 30.3 Å². The van der Waals surface area contributed by atoms with Crippen LogP contribution in [0.2, 0.25) is 0 Å². The van der Waals surface area contributed by atoms with Gasteiger partial charge >= 0.3 is 0 Å². The van der Waals surface area contributed by atoms with Crippen LogP contribution >= 0.6 is 11.8 Å². The lowest BCUT2D eigenvalue weighted by Crippen LogP contribution is -2.14. The minimum Gasteiger partial charge on any atom is -0.494 e. The van der Waals surface area contributed by atoms with E-state index in [4.69, 9.17) is 4.74 Å². The van der Waals surface area contributed by atoms with Crippen molar-refractivity contribution in [2.24, 2.45) is 0 Å². The number of carbonyl (C=O) groups excluding carboxylic acids is 2. The minimum atomic E-state index is -0.0883. The molecule has 0 aliphatic heterocycles.